The number of hydrogen-bond donors (Lipinski definition) is 2. The number of aromatic carboxylic acids is 1. The van der Waals surface area contributed by atoms with Gasteiger partial charge in [0, 0.05) is 5.69 Å². The number of anilines is 1. The molecular formula is C26H20N2O5S2. The Kier molecular flexibility index (Phi) is 7.59. The van der Waals surface area contributed by atoms with Crippen LogP contribution in [0.3, 0.4) is 0 Å². The Balaban J connectivity index is 1.38. The van der Waals surface area contributed by atoms with E-state index in [0.29, 0.717) is 22.9 Å². The molecule has 4 rings (SSSR count). The highest BCUT2D eigenvalue weighted by atomic mass is 32.2. The molecule has 0 aliphatic carbocycles. The number of nitrogens with one attached hydrogen (secondary N) is 1. The quantitative estimate of drug-likeness (QED) is 0.336. The molecule has 0 bridgehead atoms. The number of thioether (sulfide) groups is 1. The van der Waals surface area contributed by atoms with E-state index in [2.05, 4.69) is 5.32 Å². The van der Waals surface area contributed by atoms with E-state index in [4.69, 9.17) is 22.1 Å². The second-order valence-electron chi connectivity index (χ2n) is 7.55. The molecule has 1 fully saturated rings. The van der Waals surface area contributed by atoms with Crippen LogP contribution in [0.2, 0.25) is 0 Å². The van der Waals surface area contributed by atoms with Crippen molar-refractivity contribution in [3.8, 4) is 5.75 Å². The van der Waals surface area contributed by atoms with E-state index in [9.17, 15) is 14.4 Å². The molecule has 9 heteroatoms. The summed E-state index contributed by atoms with van der Waals surface area (Å²) in [6.45, 7) is 0.184. The van der Waals surface area contributed by atoms with Gasteiger partial charge in [-0.05, 0) is 53.6 Å². The van der Waals surface area contributed by atoms with E-state index in [-0.39, 0.29) is 22.3 Å². The number of benzene rings is 3. The maximum Gasteiger partial charge on any atom is 0.335 e. The lowest BCUT2D eigenvalue weighted by Crippen LogP contribution is -2.36. The molecule has 3 aromatic rings. The van der Waals surface area contributed by atoms with Crippen molar-refractivity contribution in [1.82, 2.24) is 4.90 Å². The Morgan fingerprint density at radius 3 is 2.49 bits per heavy atom. The summed E-state index contributed by atoms with van der Waals surface area (Å²) in [5.41, 5.74) is 2.36. The molecule has 2 amide bonds. The van der Waals surface area contributed by atoms with Crippen molar-refractivity contribution >= 4 is 57.8 Å². The first-order valence-electron chi connectivity index (χ1n) is 10.5. The highest BCUT2D eigenvalue weighted by molar-refractivity contribution is 8.26. The van der Waals surface area contributed by atoms with Crippen LogP contribution in [0.4, 0.5) is 5.69 Å². The van der Waals surface area contributed by atoms with E-state index in [0.717, 1.165) is 22.9 Å². The molecular weight excluding hydrogens is 484 g/mol. The minimum Gasteiger partial charge on any atom is -0.489 e. The summed E-state index contributed by atoms with van der Waals surface area (Å²) >= 11 is 6.45. The number of ether oxygens (including phenoxy) is 1. The molecule has 1 aliphatic heterocycles. The van der Waals surface area contributed by atoms with Gasteiger partial charge in [-0.25, -0.2) is 4.79 Å². The summed E-state index contributed by atoms with van der Waals surface area (Å²) in [6, 6.07) is 22.9. The van der Waals surface area contributed by atoms with Crippen LogP contribution in [0.5, 0.6) is 5.75 Å². The van der Waals surface area contributed by atoms with Gasteiger partial charge in [-0.15, -0.1) is 0 Å². The van der Waals surface area contributed by atoms with Crippen LogP contribution in [-0.4, -0.2) is 38.7 Å². The molecule has 3 aromatic carbocycles. The van der Waals surface area contributed by atoms with E-state index < -0.39 is 11.9 Å². The Bertz CT molecular complexity index is 1310. The first kappa shape index (κ1) is 24.2. The van der Waals surface area contributed by atoms with Crippen LogP contribution < -0.4 is 10.1 Å². The summed E-state index contributed by atoms with van der Waals surface area (Å²) in [6.07, 6.45) is 1.72. The average Bonchev–Trinajstić information content (AvgIpc) is 3.11. The molecule has 1 heterocycles. The van der Waals surface area contributed by atoms with Crippen molar-refractivity contribution in [2.45, 2.75) is 6.61 Å². The second kappa shape index (κ2) is 11.0. The third-order valence-corrected chi connectivity index (χ3v) is 6.37. The number of carboxylic acid groups (broad SMARTS) is 1. The fourth-order valence-electron chi connectivity index (χ4n) is 3.26. The van der Waals surface area contributed by atoms with Crippen LogP contribution in [-0.2, 0) is 16.2 Å². The minimum absolute atomic E-state index is 0.111. The average molecular weight is 505 g/mol. The van der Waals surface area contributed by atoms with Gasteiger partial charge >= 0.3 is 5.97 Å². The van der Waals surface area contributed by atoms with E-state index >= 15 is 0 Å². The lowest BCUT2D eigenvalue weighted by molar-refractivity contribution is -0.126. The Morgan fingerprint density at radius 1 is 1.03 bits per heavy atom. The molecule has 35 heavy (non-hydrogen) atoms. The Labute approximate surface area is 211 Å². The molecule has 0 unspecified atom stereocenters. The SMILES string of the molecule is O=C(CN1C(=O)/C(=C/c2cccc(OCc3ccccc3)c2)SC1=S)Nc1ccc(C(=O)O)cc1. The third-order valence-electron chi connectivity index (χ3n) is 5.00. The maximum atomic E-state index is 12.9. The Morgan fingerprint density at radius 2 is 1.77 bits per heavy atom. The standard InChI is InChI=1S/C26H20N2O5S2/c29-23(27-20-11-9-19(10-12-20)25(31)32)15-28-24(30)22(35-26(28)34)14-18-7-4-8-21(13-18)33-16-17-5-2-1-3-6-17/h1-14H,15-16H2,(H,27,29)(H,31,32)/b22-14-. The number of hydrogen-bond acceptors (Lipinski definition) is 6. The zero-order valence-electron chi connectivity index (χ0n) is 18.3. The Hall–Kier alpha value is -3.95. The van der Waals surface area contributed by atoms with Crippen LogP contribution in [0.25, 0.3) is 6.08 Å². The van der Waals surface area contributed by atoms with Crippen LogP contribution in [0, 0.1) is 0 Å². The highest BCUT2D eigenvalue weighted by Crippen LogP contribution is 2.33. The molecule has 0 spiro atoms. The van der Waals surface area contributed by atoms with Gasteiger partial charge in [-0.3, -0.25) is 14.5 Å². The van der Waals surface area contributed by atoms with E-state index in [1.54, 1.807) is 6.08 Å². The molecule has 7 nitrogen and oxygen atoms in total. The molecule has 1 aliphatic rings. The molecule has 0 atom stereocenters. The van der Waals surface area contributed by atoms with Gasteiger partial charge < -0.3 is 15.2 Å². The summed E-state index contributed by atoms with van der Waals surface area (Å²) in [5.74, 6) is -1.18. The molecule has 0 radical (unpaired) electrons. The topological polar surface area (TPSA) is 95.9 Å². The molecule has 1 saturated heterocycles. The number of carbonyl (C=O) groups excluding carboxylic acids is 2. The number of nitrogens with zero attached hydrogens (tertiary/aromatic N) is 1. The summed E-state index contributed by atoms with van der Waals surface area (Å²) in [5, 5.41) is 11.6. The third kappa shape index (κ3) is 6.34. The first-order valence-corrected chi connectivity index (χ1v) is 11.8. The number of amides is 2. The zero-order chi connectivity index (χ0) is 24.8. The van der Waals surface area contributed by atoms with Gasteiger partial charge in [0.15, 0.2) is 0 Å². The molecule has 0 aromatic heterocycles. The number of rotatable bonds is 8. The predicted molar refractivity (Wildman–Crippen MR) is 139 cm³/mol. The van der Waals surface area contributed by atoms with E-state index in [1.165, 1.54) is 29.2 Å². The number of carbonyl (C=O) groups is 3. The van der Waals surface area contributed by atoms with Crippen LogP contribution in [0.1, 0.15) is 21.5 Å². The maximum absolute atomic E-state index is 12.9. The number of carboxylic acids is 1. The largest absolute Gasteiger partial charge is 0.489 e. The van der Waals surface area contributed by atoms with Crippen molar-refractivity contribution in [3.63, 3.8) is 0 Å². The fourth-order valence-corrected chi connectivity index (χ4v) is 4.52. The first-order chi connectivity index (χ1) is 16.9. The predicted octanol–water partition coefficient (Wildman–Crippen LogP) is 4.80. The van der Waals surface area contributed by atoms with Crippen molar-refractivity contribution in [2.24, 2.45) is 0 Å². The summed E-state index contributed by atoms with van der Waals surface area (Å²) < 4.78 is 6.14. The number of thiocarbonyl (C=S) groups is 1. The molecule has 2 N–H and O–H groups in total. The summed E-state index contributed by atoms with van der Waals surface area (Å²) in [7, 11) is 0. The monoisotopic (exact) mass is 504 g/mol. The lowest BCUT2D eigenvalue weighted by atomic mass is 10.2. The van der Waals surface area contributed by atoms with Gasteiger partial charge in [0.05, 0.1) is 10.5 Å². The molecule has 0 saturated carbocycles. The van der Waals surface area contributed by atoms with E-state index in [1.807, 2.05) is 54.6 Å². The minimum atomic E-state index is -1.06. The normalized spacial score (nSPS) is 14.3. The summed E-state index contributed by atoms with van der Waals surface area (Å²) in [4.78, 5) is 37.9. The van der Waals surface area contributed by atoms with Crippen molar-refractivity contribution in [3.05, 3.63) is 100 Å². The van der Waals surface area contributed by atoms with Crippen molar-refractivity contribution in [1.29, 1.82) is 0 Å². The van der Waals surface area contributed by atoms with Crippen molar-refractivity contribution in [2.75, 3.05) is 11.9 Å². The van der Waals surface area contributed by atoms with Gasteiger partial charge in [0.1, 0.15) is 23.2 Å². The van der Waals surface area contributed by atoms with Gasteiger partial charge in [-0.2, -0.15) is 0 Å². The van der Waals surface area contributed by atoms with Gasteiger partial charge in [0.2, 0.25) is 5.91 Å². The highest BCUT2D eigenvalue weighted by Gasteiger charge is 2.33. The van der Waals surface area contributed by atoms with Crippen molar-refractivity contribution < 1.29 is 24.2 Å². The smallest absolute Gasteiger partial charge is 0.335 e. The van der Waals surface area contributed by atoms with Crippen LogP contribution in [0.15, 0.2) is 83.8 Å². The van der Waals surface area contributed by atoms with Gasteiger partial charge in [0.25, 0.3) is 5.91 Å². The second-order valence-corrected chi connectivity index (χ2v) is 9.22. The fraction of sp³-hybridized carbons (Fsp3) is 0.0769. The lowest BCUT2D eigenvalue weighted by Gasteiger charge is -2.14. The van der Waals surface area contributed by atoms with Crippen LogP contribution >= 0.6 is 24.0 Å². The van der Waals surface area contributed by atoms with Gasteiger partial charge in [-0.1, -0.05) is 66.4 Å². The molecule has 176 valence electrons. The zero-order valence-corrected chi connectivity index (χ0v) is 20.0.